The molecule has 0 amide bonds. The maximum atomic E-state index is 3.46. The third-order valence-corrected chi connectivity index (χ3v) is 3.64. The predicted molar refractivity (Wildman–Crippen MR) is 80.4 cm³/mol. The van der Waals surface area contributed by atoms with Crippen LogP contribution >= 0.6 is 12.4 Å². The third-order valence-electron chi connectivity index (χ3n) is 3.64. The Morgan fingerprint density at radius 1 is 1.39 bits per heavy atom. The molecule has 3 heteroatoms. The summed E-state index contributed by atoms with van der Waals surface area (Å²) < 4.78 is 0. The number of halogens is 1. The van der Waals surface area contributed by atoms with Crippen LogP contribution in [0.4, 0.5) is 0 Å². The summed E-state index contributed by atoms with van der Waals surface area (Å²) in [5.74, 6) is 0. The van der Waals surface area contributed by atoms with Crippen molar-refractivity contribution < 1.29 is 0 Å². The molecule has 0 spiro atoms. The monoisotopic (exact) mass is 268 g/mol. The van der Waals surface area contributed by atoms with Crippen LogP contribution < -0.4 is 5.32 Å². The summed E-state index contributed by atoms with van der Waals surface area (Å²) >= 11 is 0. The Morgan fingerprint density at radius 3 is 2.78 bits per heavy atom. The van der Waals surface area contributed by atoms with E-state index in [1.54, 1.807) is 0 Å². The number of hydrogen-bond acceptors (Lipinski definition) is 2. The van der Waals surface area contributed by atoms with Gasteiger partial charge in [-0.25, -0.2) is 0 Å². The second-order valence-electron chi connectivity index (χ2n) is 5.90. The highest BCUT2D eigenvalue weighted by Crippen LogP contribution is 2.25. The Morgan fingerprint density at radius 2 is 2.17 bits per heavy atom. The van der Waals surface area contributed by atoms with Gasteiger partial charge >= 0.3 is 0 Å². The van der Waals surface area contributed by atoms with Gasteiger partial charge in [0.1, 0.15) is 0 Å². The molecule has 1 N–H and O–H groups in total. The largest absolute Gasteiger partial charge is 0.316 e. The Bertz CT molecular complexity index is 373. The highest BCUT2D eigenvalue weighted by Gasteiger charge is 2.29. The van der Waals surface area contributed by atoms with Gasteiger partial charge in [0.2, 0.25) is 0 Å². The zero-order valence-corrected chi connectivity index (χ0v) is 12.5. The Balaban J connectivity index is 0.00000162. The topological polar surface area (TPSA) is 15.3 Å². The first kappa shape index (κ1) is 15.5. The summed E-state index contributed by atoms with van der Waals surface area (Å²) in [6.07, 6.45) is 1.30. The Kier molecular flexibility index (Phi) is 5.64. The van der Waals surface area contributed by atoms with Crippen molar-refractivity contribution in [3.63, 3.8) is 0 Å². The van der Waals surface area contributed by atoms with Gasteiger partial charge in [-0.3, -0.25) is 0 Å². The molecule has 1 heterocycles. The summed E-state index contributed by atoms with van der Waals surface area (Å²) in [4.78, 5) is 2.45. The number of benzene rings is 1. The number of aryl methyl sites for hydroxylation is 1. The van der Waals surface area contributed by atoms with E-state index in [0.717, 1.165) is 13.1 Å². The summed E-state index contributed by atoms with van der Waals surface area (Å²) in [6.45, 7) is 9.11. The molecule has 1 aliphatic heterocycles. The zero-order valence-electron chi connectivity index (χ0n) is 11.7. The van der Waals surface area contributed by atoms with Gasteiger partial charge in [-0.2, -0.15) is 0 Å². The molecule has 102 valence electrons. The molecule has 2 rings (SSSR count). The van der Waals surface area contributed by atoms with Crippen LogP contribution in [0.25, 0.3) is 0 Å². The summed E-state index contributed by atoms with van der Waals surface area (Å²) in [6, 6.07) is 8.81. The maximum absolute atomic E-state index is 3.46. The van der Waals surface area contributed by atoms with Crippen LogP contribution in [0.1, 0.15) is 24.5 Å². The lowest BCUT2D eigenvalue weighted by atomic mass is 9.89. The van der Waals surface area contributed by atoms with Crippen molar-refractivity contribution in [2.45, 2.75) is 26.8 Å². The lowest BCUT2D eigenvalue weighted by Crippen LogP contribution is -2.34. The molecule has 18 heavy (non-hydrogen) atoms. The standard InChI is InChI=1S/C15H24N2.ClH/c1-13-5-4-6-14(9-13)10-17(3)12-15(2)7-8-16-11-15;/h4-6,9,16H,7-8,10-12H2,1-3H3;1H. The van der Waals surface area contributed by atoms with Gasteiger partial charge in [-0.15, -0.1) is 12.4 Å². The van der Waals surface area contributed by atoms with Gasteiger partial charge in [0.15, 0.2) is 0 Å². The Hall–Kier alpha value is -0.570. The zero-order chi connectivity index (χ0) is 12.3. The lowest BCUT2D eigenvalue weighted by molar-refractivity contribution is 0.203. The fraction of sp³-hybridized carbons (Fsp3) is 0.600. The van der Waals surface area contributed by atoms with Crippen molar-refractivity contribution >= 4 is 12.4 Å². The molecule has 1 atom stereocenters. The summed E-state index contributed by atoms with van der Waals surface area (Å²) in [7, 11) is 2.23. The van der Waals surface area contributed by atoms with Gasteiger partial charge in [-0.05, 0) is 37.9 Å². The molecule has 2 nitrogen and oxygen atoms in total. The first-order valence-corrected chi connectivity index (χ1v) is 6.52. The van der Waals surface area contributed by atoms with Crippen molar-refractivity contribution in [2.75, 3.05) is 26.7 Å². The molecule has 1 aliphatic rings. The minimum absolute atomic E-state index is 0. The molecule has 1 fully saturated rings. The Labute approximate surface area is 117 Å². The quantitative estimate of drug-likeness (QED) is 0.903. The van der Waals surface area contributed by atoms with Crippen LogP contribution in [0.15, 0.2) is 24.3 Å². The van der Waals surface area contributed by atoms with Gasteiger partial charge in [-0.1, -0.05) is 36.8 Å². The second kappa shape index (κ2) is 6.55. The highest BCUT2D eigenvalue weighted by molar-refractivity contribution is 5.85. The first-order valence-electron chi connectivity index (χ1n) is 6.52. The summed E-state index contributed by atoms with van der Waals surface area (Å²) in [5.41, 5.74) is 3.23. The molecule has 0 aromatic heterocycles. The molecular weight excluding hydrogens is 244 g/mol. The second-order valence-corrected chi connectivity index (χ2v) is 5.90. The van der Waals surface area contributed by atoms with E-state index in [1.165, 1.54) is 30.6 Å². The smallest absolute Gasteiger partial charge is 0.0231 e. The molecule has 0 radical (unpaired) electrons. The van der Waals surface area contributed by atoms with Crippen LogP contribution in [-0.2, 0) is 6.54 Å². The molecule has 1 aromatic rings. The molecule has 1 unspecified atom stereocenters. The summed E-state index contributed by atoms with van der Waals surface area (Å²) in [5, 5.41) is 3.46. The van der Waals surface area contributed by atoms with Crippen LogP contribution in [0.3, 0.4) is 0 Å². The van der Waals surface area contributed by atoms with E-state index < -0.39 is 0 Å². The minimum atomic E-state index is 0. The first-order chi connectivity index (χ1) is 8.07. The molecule has 0 bridgehead atoms. The lowest BCUT2D eigenvalue weighted by Gasteiger charge is -2.29. The van der Waals surface area contributed by atoms with E-state index >= 15 is 0 Å². The normalized spacial score (nSPS) is 23.1. The molecule has 1 saturated heterocycles. The number of nitrogens with one attached hydrogen (secondary N) is 1. The van der Waals surface area contributed by atoms with Crippen molar-refractivity contribution in [1.29, 1.82) is 0 Å². The number of nitrogens with zero attached hydrogens (tertiary/aromatic N) is 1. The van der Waals surface area contributed by atoms with E-state index in [2.05, 4.69) is 55.4 Å². The van der Waals surface area contributed by atoms with Crippen LogP contribution in [0, 0.1) is 12.3 Å². The highest BCUT2D eigenvalue weighted by atomic mass is 35.5. The van der Waals surface area contributed by atoms with E-state index in [9.17, 15) is 0 Å². The van der Waals surface area contributed by atoms with Crippen LogP contribution in [0.2, 0.25) is 0 Å². The van der Waals surface area contributed by atoms with Crippen molar-refractivity contribution in [3.05, 3.63) is 35.4 Å². The number of rotatable bonds is 4. The fourth-order valence-corrected chi connectivity index (χ4v) is 2.83. The molecular formula is C15H25ClN2. The van der Waals surface area contributed by atoms with Crippen LogP contribution in [-0.4, -0.2) is 31.6 Å². The van der Waals surface area contributed by atoms with Gasteiger partial charge < -0.3 is 10.2 Å². The van der Waals surface area contributed by atoms with E-state index in [4.69, 9.17) is 0 Å². The van der Waals surface area contributed by atoms with Crippen molar-refractivity contribution in [3.8, 4) is 0 Å². The molecule has 0 saturated carbocycles. The number of hydrogen-bond donors (Lipinski definition) is 1. The SMILES string of the molecule is Cc1cccc(CN(C)CC2(C)CCNC2)c1.Cl. The average molecular weight is 269 g/mol. The third kappa shape index (κ3) is 4.27. The van der Waals surface area contributed by atoms with Crippen molar-refractivity contribution in [1.82, 2.24) is 10.2 Å². The fourth-order valence-electron chi connectivity index (χ4n) is 2.83. The van der Waals surface area contributed by atoms with Gasteiger partial charge in [0.25, 0.3) is 0 Å². The maximum Gasteiger partial charge on any atom is 0.0231 e. The predicted octanol–water partition coefficient (Wildman–Crippen LogP) is 2.85. The average Bonchev–Trinajstić information content (AvgIpc) is 2.64. The van der Waals surface area contributed by atoms with E-state index in [-0.39, 0.29) is 12.4 Å². The minimum Gasteiger partial charge on any atom is -0.316 e. The van der Waals surface area contributed by atoms with Crippen molar-refractivity contribution in [2.24, 2.45) is 5.41 Å². The van der Waals surface area contributed by atoms with Gasteiger partial charge in [0, 0.05) is 19.6 Å². The molecule has 1 aromatic carbocycles. The molecule has 0 aliphatic carbocycles. The van der Waals surface area contributed by atoms with Gasteiger partial charge in [0.05, 0.1) is 0 Å². The van der Waals surface area contributed by atoms with Crippen LogP contribution in [0.5, 0.6) is 0 Å². The van der Waals surface area contributed by atoms with E-state index in [1.807, 2.05) is 0 Å². The van der Waals surface area contributed by atoms with E-state index in [0.29, 0.717) is 5.41 Å².